The molecule has 0 unspecified atom stereocenters. The summed E-state index contributed by atoms with van der Waals surface area (Å²) in [4.78, 5) is 0. The number of nitrogens with two attached hydrogens (primary N) is 1. The highest BCUT2D eigenvalue weighted by Gasteiger charge is 2.13. The van der Waals surface area contributed by atoms with Gasteiger partial charge in [0.25, 0.3) is 0 Å². The van der Waals surface area contributed by atoms with Crippen LogP contribution in [0.15, 0.2) is 36.4 Å². The molecule has 0 aliphatic rings. The lowest BCUT2D eigenvalue weighted by Crippen LogP contribution is -2.04. The molecule has 2 N–H and O–H groups in total. The molecule has 4 heteroatoms. The van der Waals surface area contributed by atoms with Gasteiger partial charge in [0.05, 0.1) is 0 Å². The summed E-state index contributed by atoms with van der Waals surface area (Å²) in [6.07, 6.45) is 0.429. The molecular formula is C15H15F2NO. The van der Waals surface area contributed by atoms with E-state index in [1.165, 1.54) is 12.1 Å². The van der Waals surface area contributed by atoms with E-state index in [0.29, 0.717) is 24.3 Å². The van der Waals surface area contributed by atoms with Gasteiger partial charge < -0.3 is 10.5 Å². The lowest BCUT2D eigenvalue weighted by Gasteiger charge is -2.09. The minimum Gasteiger partial charge on any atom is -0.451 e. The number of rotatable bonds is 4. The van der Waals surface area contributed by atoms with Gasteiger partial charge in [-0.2, -0.15) is 0 Å². The summed E-state index contributed by atoms with van der Waals surface area (Å²) < 4.78 is 32.8. The van der Waals surface area contributed by atoms with Crippen LogP contribution in [0.4, 0.5) is 8.78 Å². The summed E-state index contributed by atoms with van der Waals surface area (Å²) in [6, 6.07) is 9.46. The van der Waals surface area contributed by atoms with Crippen molar-refractivity contribution in [3.05, 3.63) is 59.2 Å². The molecule has 0 saturated heterocycles. The molecule has 0 atom stereocenters. The van der Waals surface area contributed by atoms with Crippen molar-refractivity contribution in [2.75, 3.05) is 6.54 Å². The van der Waals surface area contributed by atoms with Gasteiger partial charge in [-0.3, -0.25) is 0 Å². The van der Waals surface area contributed by atoms with Gasteiger partial charge in [0.2, 0.25) is 0 Å². The van der Waals surface area contributed by atoms with Crippen molar-refractivity contribution >= 4 is 0 Å². The van der Waals surface area contributed by atoms with Gasteiger partial charge in [-0.15, -0.1) is 0 Å². The summed E-state index contributed by atoms with van der Waals surface area (Å²) in [6.45, 7) is 2.27. The fourth-order valence-corrected chi connectivity index (χ4v) is 1.75. The second-order valence-corrected chi connectivity index (χ2v) is 4.34. The standard InChI is InChI=1S/C15H15F2NO/c1-10-2-4-12(5-3-10)19-15-13(16)8-11(6-7-18)9-14(15)17/h2-5,8-9H,6-7,18H2,1H3. The van der Waals surface area contributed by atoms with Crippen molar-refractivity contribution < 1.29 is 13.5 Å². The third-order valence-electron chi connectivity index (χ3n) is 2.73. The Balaban J connectivity index is 2.27. The number of ether oxygens (including phenoxy) is 1. The summed E-state index contributed by atoms with van der Waals surface area (Å²) >= 11 is 0. The molecule has 19 heavy (non-hydrogen) atoms. The molecule has 2 nitrogen and oxygen atoms in total. The van der Waals surface area contributed by atoms with E-state index in [2.05, 4.69) is 0 Å². The predicted molar refractivity (Wildman–Crippen MR) is 70.4 cm³/mol. The first kappa shape index (κ1) is 13.5. The molecule has 0 bridgehead atoms. The van der Waals surface area contributed by atoms with Crippen LogP contribution in [-0.2, 0) is 6.42 Å². The van der Waals surface area contributed by atoms with Gasteiger partial charge in [-0.05, 0) is 49.7 Å². The van der Waals surface area contributed by atoms with E-state index in [4.69, 9.17) is 10.5 Å². The summed E-state index contributed by atoms with van der Waals surface area (Å²) in [5.74, 6) is -1.42. The fraction of sp³-hybridized carbons (Fsp3) is 0.200. The van der Waals surface area contributed by atoms with Crippen molar-refractivity contribution in [1.29, 1.82) is 0 Å². The molecule has 0 saturated carbocycles. The Hall–Kier alpha value is -1.94. The smallest absolute Gasteiger partial charge is 0.198 e. The van der Waals surface area contributed by atoms with Gasteiger partial charge in [-0.25, -0.2) is 8.78 Å². The molecule has 2 aromatic rings. The molecule has 0 spiro atoms. The molecular weight excluding hydrogens is 248 g/mol. The Morgan fingerprint density at radius 2 is 1.63 bits per heavy atom. The zero-order valence-corrected chi connectivity index (χ0v) is 10.6. The van der Waals surface area contributed by atoms with Crippen LogP contribution in [0.3, 0.4) is 0 Å². The number of hydrogen-bond donors (Lipinski definition) is 1. The van der Waals surface area contributed by atoms with Crippen LogP contribution in [0.2, 0.25) is 0 Å². The van der Waals surface area contributed by atoms with Crippen LogP contribution in [0.5, 0.6) is 11.5 Å². The van der Waals surface area contributed by atoms with Crippen molar-refractivity contribution in [3.63, 3.8) is 0 Å². The van der Waals surface area contributed by atoms with E-state index in [9.17, 15) is 8.78 Å². The molecule has 2 rings (SSSR count). The lowest BCUT2D eigenvalue weighted by molar-refractivity contribution is 0.406. The van der Waals surface area contributed by atoms with Crippen molar-refractivity contribution in [2.45, 2.75) is 13.3 Å². The SMILES string of the molecule is Cc1ccc(Oc2c(F)cc(CCN)cc2F)cc1. The number of hydrogen-bond acceptors (Lipinski definition) is 2. The molecule has 2 aromatic carbocycles. The first-order valence-corrected chi connectivity index (χ1v) is 6.02. The molecule has 0 amide bonds. The van der Waals surface area contributed by atoms with Crippen LogP contribution in [0.25, 0.3) is 0 Å². The predicted octanol–water partition coefficient (Wildman–Crippen LogP) is 3.57. The molecule has 0 aromatic heterocycles. The maximum absolute atomic E-state index is 13.8. The Kier molecular flexibility index (Phi) is 4.12. The second-order valence-electron chi connectivity index (χ2n) is 4.34. The number of benzene rings is 2. The zero-order valence-electron chi connectivity index (χ0n) is 10.6. The first-order valence-electron chi connectivity index (χ1n) is 6.02. The third kappa shape index (κ3) is 3.29. The van der Waals surface area contributed by atoms with Gasteiger partial charge in [0.1, 0.15) is 5.75 Å². The maximum Gasteiger partial charge on any atom is 0.198 e. The number of halogens is 2. The monoisotopic (exact) mass is 263 g/mol. The Labute approximate surface area is 110 Å². The minimum atomic E-state index is -0.718. The number of aryl methyl sites for hydroxylation is 1. The van der Waals surface area contributed by atoms with Gasteiger partial charge in [-0.1, -0.05) is 17.7 Å². The van der Waals surface area contributed by atoms with E-state index in [0.717, 1.165) is 5.56 Å². The van der Waals surface area contributed by atoms with E-state index < -0.39 is 11.6 Å². The average molecular weight is 263 g/mol. The lowest BCUT2D eigenvalue weighted by atomic mass is 10.1. The van der Waals surface area contributed by atoms with E-state index in [1.807, 2.05) is 19.1 Å². The molecule has 0 radical (unpaired) electrons. The molecule has 0 aliphatic carbocycles. The van der Waals surface area contributed by atoms with Gasteiger partial charge in [0.15, 0.2) is 17.4 Å². The first-order chi connectivity index (χ1) is 9.10. The second kappa shape index (κ2) is 5.80. The quantitative estimate of drug-likeness (QED) is 0.915. The minimum absolute atomic E-state index is 0.344. The molecule has 0 aliphatic heterocycles. The van der Waals surface area contributed by atoms with E-state index in [1.54, 1.807) is 12.1 Å². The van der Waals surface area contributed by atoms with Crippen LogP contribution in [-0.4, -0.2) is 6.54 Å². The highest BCUT2D eigenvalue weighted by molar-refractivity contribution is 5.36. The normalized spacial score (nSPS) is 10.5. The van der Waals surface area contributed by atoms with Gasteiger partial charge in [0, 0.05) is 0 Å². The van der Waals surface area contributed by atoms with E-state index >= 15 is 0 Å². The summed E-state index contributed by atoms with van der Waals surface area (Å²) in [5.41, 5.74) is 6.93. The highest BCUT2D eigenvalue weighted by Crippen LogP contribution is 2.28. The maximum atomic E-state index is 13.8. The van der Waals surface area contributed by atoms with Crippen LogP contribution in [0, 0.1) is 18.6 Å². The summed E-state index contributed by atoms with van der Waals surface area (Å²) in [5, 5.41) is 0. The van der Waals surface area contributed by atoms with Crippen molar-refractivity contribution in [2.24, 2.45) is 5.73 Å². The van der Waals surface area contributed by atoms with Crippen molar-refractivity contribution in [1.82, 2.24) is 0 Å². The third-order valence-corrected chi connectivity index (χ3v) is 2.73. The van der Waals surface area contributed by atoms with Crippen LogP contribution in [0.1, 0.15) is 11.1 Å². The largest absolute Gasteiger partial charge is 0.451 e. The van der Waals surface area contributed by atoms with Crippen LogP contribution >= 0.6 is 0 Å². The van der Waals surface area contributed by atoms with E-state index in [-0.39, 0.29) is 5.75 Å². The molecule has 100 valence electrons. The van der Waals surface area contributed by atoms with Gasteiger partial charge >= 0.3 is 0 Å². The highest BCUT2D eigenvalue weighted by atomic mass is 19.1. The molecule has 0 heterocycles. The Morgan fingerprint density at radius 3 is 2.16 bits per heavy atom. The Morgan fingerprint density at radius 1 is 1.05 bits per heavy atom. The fourth-order valence-electron chi connectivity index (χ4n) is 1.75. The average Bonchev–Trinajstić information content (AvgIpc) is 2.36. The Bertz CT molecular complexity index is 544. The zero-order chi connectivity index (χ0) is 13.8. The summed E-state index contributed by atoms with van der Waals surface area (Å²) in [7, 11) is 0. The van der Waals surface area contributed by atoms with Crippen molar-refractivity contribution in [3.8, 4) is 11.5 Å². The molecule has 0 fully saturated rings. The van der Waals surface area contributed by atoms with Crippen LogP contribution < -0.4 is 10.5 Å². The topological polar surface area (TPSA) is 35.2 Å².